The van der Waals surface area contributed by atoms with E-state index in [1.165, 1.54) is 10.6 Å². The Balaban J connectivity index is 1.16. The number of halogens is 1. The van der Waals surface area contributed by atoms with Crippen LogP contribution in [0.5, 0.6) is 5.75 Å². The maximum absolute atomic E-state index is 15.0. The quantitative estimate of drug-likeness (QED) is 0.242. The number of rotatable bonds is 9. The smallest absolute Gasteiger partial charge is 0.252 e. The number of ether oxygens (including phenoxy) is 2. The molecular formula is C31H30FN9O4. The van der Waals surface area contributed by atoms with Crippen molar-refractivity contribution in [1.82, 2.24) is 34.3 Å². The van der Waals surface area contributed by atoms with Gasteiger partial charge in [0.25, 0.3) is 5.91 Å². The van der Waals surface area contributed by atoms with Crippen molar-refractivity contribution in [3.05, 3.63) is 84.5 Å². The van der Waals surface area contributed by atoms with Gasteiger partial charge in [-0.15, -0.1) is 5.10 Å². The number of anilines is 2. The van der Waals surface area contributed by atoms with E-state index in [1.807, 2.05) is 35.2 Å². The van der Waals surface area contributed by atoms with Gasteiger partial charge < -0.3 is 29.4 Å². The minimum atomic E-state index is -0.822. The molecule has 0 radical (unpaired) electrons. The van der Waals surface area contributed by atoms with Gasteiger partial charge in [0, 0.05) is 39.4 Å². The van der Waals surface area contributed by atoms with Crippen LogP contribution in [0.2, 0.25) is 0 Å². The van der Waals surface area contributed by atoms with Gasteiger partial charge in [-0.25, -0.2) is 14.1 Å². The number of fused-ring (bicyclic) bond motifs is 3. The van der Waals surface area contributed by atoms with E-state index in [0.717, 1.165) is 5.56 Å². The summed E-state index contributed by atoms with van der Waals surface area (Å²) in [6.45, 7) is 2.44. The Bertz CT molecular complexity index is 1950. The average molecular weight is 612 g/mol. The van der Waals surface area contributed by atoms with E-state index >= 15 is 4.39 Å². The van der Waals surface area contributed by atoms with Crippen molar-refractivity contribution in [3.8, 4) is 17.3 Å². The number of methoxy groups -OCH3 is 1. The standard InChI is InChI=1S/C31H30FN9O4/c1-43-16-17-44-21-9-10-24(23(32)18-21)38-11-13-39(14-12-38)30(42)26(20-6-3-2-4-7-20)40-29-22(19-34-40)28-35-27(25-8-5-15-45-25)37-41(28)31(33)36-29/h2-10,15,18-19,26H,11-14,16-17H2,1H3,(H2,33,36). The minimum Gasteiger partial charge on any atom is -0.491 e. The van der Waals surface area contributed by atoms with Crippen LogP contribution in [0.25, 0.3) is 28.3 Å². The van der Waals surface area contributed by atoms with Crippen LogP contribution >= 0.6 is 0 Å². The molecule has 45 heavy (non-hydrogen) atoms. The minimum absolute atomic E-state index is 0.0922. The average Bonchev–Trinajstić information content (AvgIpc) is 3.83. The number of carbonyl (C=O) groups is 1. The summed E-state index contributed by atoms with van der Waals surface area (Å²) in [4.78, 5) is 27.2. The van der Waals surface area contributed by atoms with E-state index < -0.39 is 6.04 Å². The monoisotopic (exact) mass is 611 g/mol. The Hall–Kier alpha value is -5.50. The van der Waals surface area contributed by atoms with E-state index in [2.05, 4.69) is 20.2 Å². The molecule has 14 heteroatoms. The van der Waals surface area contributed by atoms with Crippen molar-refractivity contribution in [3.63, 3.8) is 0 Å². The van der Waals surface area contributed by atoms with Gasteiger partial charge in [0.15, 0.2) is 23.1 Å². The molecule has 7 rings (SSSR count). The third-order valence-corrected chi connectivity index (χ3v) is 7.80. The first-order valence-corrected chi connectivity index (χ1v) is 14.4. The molecule has 1 atom stereocenters. The predicted molar refractivity (Wildman–Crippen MR) is 163 cm³/mol. The molecule has 2 N–H and O–H groups in total. The fraction of sp³-hybridized carbons (Fsp3) is 0.258. The summed E-state index contributed by atoms with van der Waals surface area (Å²) in [5.74, 6) is 0.830. The van der Waals surface area contributed by atoms with Gasteiger partial charge in [-0.3, -0.25) is 4.79 Å². The molecule has 1 saturated heterocycles. The third kappa shape index (κ3) is 5.29. The number of furan rings is 1. The molecule has 4 aromatic heterocycles. The summed E-state index contributed by atoms with van der Waals surface area (Å²) in [5, 5.41) is 9.66. The van der Waals surface area contributed by atoms with Gasteiger partial charge in [0.2, 0.25) is 11.8 Å². The number of nitrogens with two attached hydrogens (primary N) is 1. The first-order valence-electron chi connectivity index (χ1n) is 14.4. The van der Waals surface area contributed by atoms with Crippen LogP contribution in [0.1, 0.15) is 11.6 Å². The fourth-order valence-electron chi connectivity index (χ4n) is 5.57. The Kier molecular flexibility index (Phi) is 7.47. The van der Waals surface area contributed by atoms with E-state index in [1.54, 1.807) is 53.4 Å². The van der Waals surface area contributed by atoms with Crippen LogP contribution in [-0.2, 0) is 9.53 Å². The van der Waals surface area contributed by atoms with Crippen molar-refractivity contribution in [1.29, 1.82) is 0 Å². The lowest BCUT2D eigenvalue weighted by molar-refractivity contribution is -0.134. The summed E-state index contributed by atoms with van der Waals surface area (Å²) in [7, 11) is 1.58. The molecule has 1 amide bonds. The molecule has 2 aromatic carbocycles. The number of benzene rings is 2. The van der Waals surface area contributed by atoms with Crippen LogP contribution in [-0.4, -0.2) is 86.7 Å². The molecule has 5 heterocycles. The number of nitrogens with zero attached hydrogens (tertiary/aromatic N) is 8. The normalized spacial score (nSPS) is 14.4. The second kappa shape index (κ2) is 11.9. The second-order valence-electron chi connectivity index (χ2n) is 10.5. The molecule has 0 aliphatic carbocycles. The van der Waals surface area contributed by atoms with Gasteiger partial charge in [-0.1, -0.05) is 30.3 Å². The predicted octanol–water partition coefficient (Wildman–Crippen LogP) is 3.42. The molecule has 1 aliphatic heterocycles. The number of amides is 1. The van der Waals surface area contributed by atoms with Gasteiger partial charge >= 0.3 is 0 Å². The lowest BCUT2D eigenvalue weighted by atomic mass is 10.0. The fourth-order valence-corrected chi connectivity index (χ4v) is 5.57. The van der Waals surface area contributed by atoms with Crippen molar-refractivity contribution >= 4 is 34.2 Å². The molecule has 1 aliphatic rings. The number of nitrogen functional groups attached to an aromatic ring is 1. The molecule has 230 valence electrons. The number of hydrogen-bond acceptors (Lipinski definition) is 10. The Labute approximate surface area is 256 Å². The van der Waals surface area contributed by atoms with E-state index in [9.17, 15) is 4.79 Å². The lowest BCUT2D eigenvalue weighted by Gasteiger charge is -2.37. The lowest BCUT2D eigenvalue weighted by Crippen LogP contribution is -2.51. The summed E-state index contributed by atoms with van der Waals surface area (Å²) in [6.07, 6.45) is 3.16. The van der Waals surface area contributed by atoms with Gasteiger partial charge in [0.1, 0.15) is 18.2 Å². The topological polar surface area (TPSA) is 142 Å². The Morgan fingerprint density at radius 3 is 2.58 bits per heavy atom. The van der Waals surface area contributed by atoms with Crippen LogP contribution in [0, 0.1) is 5.82 Å². The van der Waals surface area contributed by atoms with Crippen molar-refractivity contribution < 1.29 is 23.1 Å². The molecular weight excluding hydrogens is 581 g/mol. The van der Waals surface area contributed by atoms with Crippen LogP contribution in [0.4, 0.5) is 16.0 Å². The second-order valence-corrected chi connectivity index (χ2v) is 10.5. The SMILES string of the molecule is COCCOc1ccc(N2CCN(C(=O)C(c3ccccc3)n3ncc4c3nc(N)n3nc(-c5ccco5)nc43)CC2)c(F)c1. The molecule has 6 aromatic rings. The summed E-state index contributed by atoms with van der Waals surface area (Å²) in [6, 6.07) is 16.9. The molecule has 0 bridgehead atoms. The number of carbonyl (C=O) groups excluding carboxylic acids is 1. The zero-order chi connectivity index (χ0) is 30.9. The van der Waals surface area contributed by atoms with Gasteiger partial charge in [-0.2, -0.15) is 14.6 Å². The highest BCUT2D eigenvalue weighted by molar-refractivity contribution is 5.92. The first kappa shape index (κ1) is 28.3. The van der Waals surface area contributed by atoms with Crippen molar-refractivity contribution in [2.24, 2.45) is 0 Å². The Morgan fingerprint density at radius 1 is 1.02 bits per heavy atom. The molecule has 0 spiro atoms. The van der Waals surface area contributed by atoms with E-state index in [0.29, 0.717) is 79.1 Å². The molecule has 0 saturated carbocycles. The number of piperazine rings is 1. The van der Waals surface area contributed by atoms with E-state index in [-0.39, 0.29) is 17.7 Å². The molecule has 1 fully saturated rings. The van der Waals surface area contributed by atoms with Crippen molar-refractivity contribution in [2.75, 3.05) is 57.1 Å². The summed E-state index contributed by atoms with van der Waals surface area (Å²) < 4.78 is 34.0. The Morgan fingerprint density at radius 2 is 1.84 bits per heavy atom. The van der Waals surface area contributed by atoms with Crippen LogP contribution < -0.4 is 15.4 Å². The number of hydrogen-bond donors (Lipinski definition) is 1. The molecule has 13 nitrogen and oxygen atoms in total. The van der Waals surface area contributed by atoms with Crippen molar-refractivity contribution in [2.45, 2.75) is 6.04 Å². The zero-order valence-corrected chi connectivity index (χ0v) is 24.4. The van der Waals surface area contributed by atoms with Gasteiger partial charge in [-0.05, 0) is 29.8 Å². The summed E-state index contributed by atoms with van der Waals surface area (Å²) in [5.41, 5.74) is 8.37. The highest BCUT2D eigenvalue weighted by Crippen LogP contribution is 2.30. The third-order valence-electron chi connectivity index (χ3n) is 7.80. The maximum atomic E-state index is 15.0. The number of aromatic nitrogens is 6. The van der Waals surface area contributed by atoms with Crippen LogP contribution in [0.3, 0.4) is 0 Å². The summed E-state index contributed by atoms with van der Waals surface area (Å²) >= 11 is 0. The highest BCUT2D eigenvalue weighted by atomic mass is 19.1. The van der Waals surface area contributed by atoms with E-state index in [4.69, 9.17) is 19.6 Å². The van der Waals surface area contributed by atoms with Crippen LogP contribution in [0.15, 0.2) is 77.5 Å². The largest absolute Gasteiger partial charge is 0.491 e. The molecule has 1 unspecified atom stereocenters. The maximum Gasteiger partial charge on any atom is 0.252 e. The zero-order valence-electron chi connectivity index (χ0n) is 24.4. The first-order chi connectivity index (χ1) is 22.0. The van der Waals surface area contributed by atoms with Gasteiger partial charge in [0.05, 0.1) is 30.1 Å². The highest BCUT2D eigenvalue weighted by Gasteiger charge is 2.33.